The fourth-order valence-electron chi connectivity index (χ4n) is 2.74. The monoisotopic (exact) mass is 343 g/mol. The third kappa shape index (κ3) is 2.89. The normalized spacial score (nSPS) is 10.7. The standard InChI is InChI=1S/C21H11F2N3/c22-16-6-2-14(3-7-16)20-21(15-4-8-17(23)9-5-15)26-19-11-13(12-24)1-10-18(19)25-20/h1-11H. The second kappa shape index (κ2) is 6.34. The molecule has 124 valence electrons. The van der Waals surface area contributed by atoms with Crippen molar-refractivity contribution in [3.8, 4) is 28.6 Å². The maximum atomic E-state index is 13.3. The molecule has 0 saturated heterocycles. The number of hydrogen-bond donors (Lipinski definition) is 0. The van der Waals surface area contributed by atoms with E-state index < -0.39 is 0 Å². The number of halogens is 2. The molecule has 3 aromatic carbocycles. The van der Waals surface area contributed by atoms with E-state index >= 15 is 0 Å². The van der Waals surface area contributed by atoms with Gasteiger partial charge in [-0.3, -0.25) is 0 Å². The highest BCUT2D eigenvalue weighted by Gasteiger charge is 2.14. The molecule has 0 atom stereocenters. The first-order valence-electron chi connectivity index (χ1n) is 7.88. The lowest BCUT2D eigenvalue weighted by Gasteiger charge is -2.11. The Hall–Kier alpha value is -3.65. The molecular formula is C21H11F2N3. The molecule has 0 amide bonds. The van der Waals surface area contributed by atoms with Crippen molar-refractivity contribution in [1.29, 1.82) is 5.26 Å². The summed E-state index contributed by atoms with van der Waals surface area (Å²) in [5, 5.41) is 9.10. The third-order valence-corrected chi connectivity index (χ3v) is 4.03. The van der Waals surface area contributed by atoms with Crippen LogP contribution in [0.3, 0.4) is 0 Å². The molecule has 1 heterocycles. The van der Waals surface area contributed by atoms with Crippen molar-refractivity contribution in [1.82, 2.24) is 9.97 Å². The highest BCUT2D eigenvalue weighted by molar-refractivity contribution is 5.86. The van der Waals surface area contributed by atoms with Crippen LogP contribution in [0.15, 0.2) is 66.7 Å². The van der Waals surface area contributed by atoms with E-state index in [1.54, 1.807) is 42.5 Å². The summed E-state index contributed by atoms with van der Waals surface area (Å²) in [6, 6.07) is 19.0. The lowest BCUT2D eigenvalue weighted by Crippen LogP contribution is -1.96. The fraction of sp³-hybridized carbons (Fsp3) is 0. The Balaban J connectivity index is 2.01. The van der Waals surface area contributed by atoms with E-state index in [9.17, 15) is 8.78 Å². The van der Waals surface area contributed by atoms with Gasteiger partial charge in [-0.05, 0) is 66.7 Å². The summed E-state index contributed by atoms with van der Waals surface area (Å²) < 4.78 is 26.6. The van der Waals surface area contributed by atoms with Gasteiger partial charge in [-0.2, -0.15) is 5.26 Å². The zero-order valence-corrected chi connectivity index (χ0v) is 13.4. The van der Waals surface area contributed by atoms with Gasteiger partial charge < -0.3 is 0 Å². The van der Waals surface area contributed by atoms with Gasteiger partial charge >= 0.3 is 0 Å². The molecule has 26 heavy (non-hydrogen) atoms. The maximum Gasteiger partial charge on any atom is 0.123 e. The first-order valence-corrected chi connectivity index (χ1v) is 7.88. The van der Waals surface area contributed by atoms with E-state index in [1.165, 1.54) is 24.3 Å². The molecule has 0 unspecified atom stereocenters. The summed E-state index contributed by atoms with van der Waals surface area (Å²) in [7, 11) is 0. The van der Waals surface area contributed by atoms with Crippen LogP contribution < -0.4 is 0 Å². The Morgan fingerprint density at radius 3 is 1.65 bits per heavy atom. The first kappa shape index (κ1) is 15.9. The molecular weight excluding hydrogens is 332 g/mol. The highest BCUT2D eigenvalue weighted by Crippen LogP contribution is 2.31. The van der Waals surface area contributed by atoms with Crippen LogP contribution in [-0.4, -0.2) is 9.97 Å². The average Bonchev–Trinajstić information content (AvgIpc) is 2.68. The summed E-state index contributed by atoms with van der Waals surface area (Å²) >= 11 is 0. The van der Waals surface area contributed by atoms with Crippen molar-refractivity contribution >= 4 is 11.0 Å². The highest BCUT2D eigenvalue weighted by atomic mass is 19.1. The molecule has 3 nitrogen and oxygen atoms in total. The molecule has 1 aromatic heterocycles. The second-order valence-corrected chi connectivity index (χ2v) is 5.75. The van der Waals surface area contributed by atoms with Crippen molar-refractivity contribution < 1.29 is 8.78 Å². The van der Waals surface area contributed by atoms with E-state index in [4.69, 9.17) is 5.26 Å². The number of fused-ring (bicyclic) bond motifs is 1. The number of nitriles is 1. The van der Waals surface area contributed by atoms with Crippen molar-refractivity contribution in [2.75, 3.05) is 0 Å². The lowest BCUT2D eigenvalue weighted by atomic mass is 10.0. The van der Waals surface area contributed by atoms with Crippen LogP contribution in [0.25, 0.3) is 33.5 Å². The average molecular weight is 343 g/mol. The van der Waals surface area contributed by atoms with Crippen LogP contribution in [0.5, 0.6) is 0 Å². The molecule has 0 saturated carbocycles. The zero-order valence-electron chi connectivity index (χ0n) is 13.4. The van der Waals surface area contributed by atoms with Gasteiger partial charge in [0.2, 0.25) is 0 Å². The molecule has 0 spiro atoms. The van der Waals surface area contributed by atoms with Crippen LogP contribution in [-0.2, 0) is 0 Å². The molecule has 0 radical (unpaired) electrons. The molecule has 4 rings (SSSR count). The quantitative estimate of drug-likeness (QED) is 0.508. The van der Waals surface area contributed by atoms with Crippen LogP contribution in [0.1, 0.15) is 5.56 Å². The van der Waals surface area contributed by atoms with Gasteiger partial charge in [0.15, 0.2) is 0 Å². The van der Waals surface area contributed by atoms with Crippen molar-refractivity contribution in [3.05, 3.63) is 83.9 Å². The number of aromatic nitrogens is 2. The van der Waals surface area contributed by atoms with Crippen LogP contribution >= 0.6 is 0 Å². The molecule has 0 bridgehead atoms. The third-order valence-electron chi connectivity index (χ3n) is 4.03. The largest absolute Gasteiger partial charge is 0.244 e. The smallest absolute Gasteiger partial charge is 0.123 e. The fourth-order valence-corrected chi connectivity index (χ4v) is 2.74. The Morgan fingerprint density at radius 1 is 0.654 bits per heavy atom. The van der Waals surface area contributed by atoms with Gasteiger partial charge in [0, 0.05) is 11.1 Å². The summed E-state index contributed by atoms with van der Waals surface area (Å²) in [6.45, 7) is 0. The number of nitrogens with zero attached hydrogens (tertiary/aromatic N) is 3. The minimum Gasteiger partial charge on any atom is -0.244 e. The SMILES string of the molecule is N#Cc1ccc2nc(-c3ccc(F)cc3)c(-c3ccc(F)cc3)nc2c1. The van der Waals surface area contributed by atoms with E-state index in [0.717, 1.165) is 0 Å². The Morgan fingerprint density at radius 2 is 1.15 bits per heavy atom. The van der Waals surface area contributed by atoms with Gasteiger partial charge in [-0.25, -0.2) is 18.7 Å². The molecule has 0 aliphatic rings. The predicted molar refractivity (Wildman–Crippen MR) is 95.0 cm³/mol. The van der Waals surface area contributed by atoms with Crippen molar-refractivity contribution in [2.24, 2.45) is 0 Å². The predicted octanol–water partition coefficient (Wildman–Crippen LogP) is 5.11. The number of rotatable bonds is 2. The topological polar surface area (TPSA) is 49.6 Å². The van der Waals surface area contributed by atoms with Crippen LogP contribution in [0, 0.1) is 23.0 Å². The Bertz CT molecular complexity index is 1140. The van der Waals surface area contributed by atoms with Gasteiger partial charge in [-0.15, -0.1) is 0 Å². The van der Waals surface area contributed by atoms with Crippen molar-refractivity contribution in [2.45, 2.75) is 0 Å². The second-order valence-electron chi connectivity index (χ2n) is 5.75. The summed E-state index contributed by atoms with van der Waals surface area (Å²) in [5.41, 5.74) is 4.15. The van der Waals surface area contributed by atoms with Gasteiger partial charge in [0.1, 0.15) is 11.6 Å². The van der Waals surface area contributed by atoms with Gasteiger partial charge in [0.25, 0.3) is 0 Å². The summed E-state index contributed by atoms with van der Waals surface area (Å²) in [4.78, 5) is 9.31. The minimum absolute atomic E-state index is 0.343. The summed E-state index contributed by atoms with van der Waals surface area (Å²) in [5.74, 6) is -0.693. The first-order chi connectivity index (χ1) is 12.6. The minimum atomic E-state index is -0.349. The van der Waals surface area contributed by atoms with Gasteiger partial charge in [-0.1, -0.05) is 0 Å². The van der Waals surface area contributed by atoms with E-state index in [0.29, 0.717) is 39.1 Å². The van der Waals surface area contributed by atoms with Crippen LogP contribution in [0.4, 0.5) is 8.78 Å². The molecule has 0 aliphatic carbocycles. The van der Waals surface area contributed by atoms with Gasteiger partial charge in [0.05, 0.1) is 34.1 Å². The number of hydrogen-bond acceptors (Lipinski definition) is 3. The lowest BCUT2D eigenvalue weighted by molar-refractivity contribution is 0.627. The maximum absolute atomic E-state index is 13.3. The Kier molecular flexibility index (Phi) is 3.86. The molecule has 4 aromatic rings. The van der Waals surface area contributed by atoms with Crippen molar-refractivity contribution in [3.63, 3.8) is 0 Å². The van der Waals surface area contributed by atoms with E-state index in [-0.39, 0.29) is 11.6 Å². The van der Waals surface area contributed by atoms with E-state index in [2.05, 4.69) is 16.0 Å². The summed E-state index contributed by atoms with van der Waals surface area (Å²) in [6.07, 6.45) is 0. The molecule has 0 fully saturated rings. The molecule has 0 aliphatic heterocycles. The molecule has 5 heteroatoms. The Labute approximate surface area is 148 Å². The van der Waals surface area contributed by atoms with Crippen LogP contribution in [0.2, 0.25) is 0 Å². The van der Waals surface area contributed by atoms with E-state index in [1.807, 2.05) is 0 Å². The molecule has 0 N–H and O–H groups in total. The number of benzene rings is 3. The zero-order chi connectivity index (χ0) is 18.1.